The van der Waals surface area contributed by atoms with Crippen molar-refractivity contribution in [3.8, 4) is 0 Å². The summed E-state index contributed by atoms with van der Waals surface area (Å²) in [6.45, 7) is 0.605. The molecule has 6 nitrogen and oxygen atoms in total. The fourth-order valence-corrected chi connectivity index (χ4v) is 2.91. The van der Waals surface area contributed by atoms with Gasteiger partial charge < -0.3 is 4.90 Å². The number of nitrogens with zero attached hydrogens (tertiary/aromatic N) is 5. The Kier molecular flexibility index (Phi) is 3.66. The number of rotatable bonds is 4. The molecule has 0 aliphatic rings. The van der Waals surface area contributed by atoms with Crippen LogP contribution < -0.4 is 10.5 Å². The molecule has 0 aliphatic heterocycles. The maximum atomic E-state index is 12.3. The Morgan fingerprint density at radius 1 is 1.29 bits per heavy atom. The van der Waals surface area contributed by atoms with Gasteiger partial charge in [0.15, 0.2) is 4.83 Å². The third-order valence-electron chi connectivity index (χ3n) is 3.09. The van der Waals surface area contributed by atoms with Crippen molar-refractivity contribution in [3.05, 3.63) is 46.6 Å². The van der Waals surface area contributed by atoms with Gasteiger partial charge in [0.1, 0.15) is 0 Å². The van der Waals surface area contributed by atoms with Gasteiger partial charge >= 0.3 is 0 Å². The van der Waals surface area contributed by atoms with Crippen LogP contribution in [0, 0.1) is 0 Å². The summed E-state index contributed by atoms with van der Waals surface area (Å²) in [4.78, 5) is 27.7. The van der Waals surface area contributed by atoms with Gasteiger partial charge in [0, 0.05) is 45.1 Å². The first kappa shape index (κ1) is 13.7. The summed E-state index contributed by atoms with van der Waals surface area (Å²) >= 11 is 1.37. The van der Waals surface area contributed by atoms with E-state index in [9.17, 15) is 4.79 Å². The predicted molar refractivity (Wildman–Crippen MR) is 83.9 cm³/mol. The minimum atomic E-state index is -0.0313. The molecule has 0 N–H and O–H groups in total. The summed E-state index contributed by atoms with van der Waals surface area (Å²) in [7, 11) is 3.75. The van der Waals surface area contributed by atoms with Crippen molar-refractivity contribution in [2.45, 2.75) is 13.0 Å². The third-order valence-corrected chi connectivity index (χ3v) is 4.14. The van der Waals surface area contributed by atoms with E-state index in [-0.39, 0.29) is 5.56 Å². The fraction of sp³-hybridized carbons (Fsp3) is 0.286. The standard InChI is InChI=1S/C14H15N5OS/c1-18(2)14-16-9-11-12(17-14)21-19(13(11)20)8-6-10-5-3-4-7-15-10/h3-5,7,9H,6,8H2,1-2H3. The molecule has 3 aromatic heterocycles. The maximum Gasteiger partial charge on any atom is 0.271 e. The molecule has 0 spiro atoms. The van der Waals surface area contributed by atoms with Gasteiger partial charge in [-0.25, -0.2) is 9.97 Å². The van der Waals surface area contributed by atoms with Crippen LogP contribution >= 0.6 is 11.5 Å². The molecule has 0 saturated carbocycles. The minimum Gasteiger partial charge on any atom is -0.347 e. The highest BCUT2D eigenvalue weighted by molar-refractivity contribution is 7.13. The van der Waals surface area contributed by atoms with Crippen molar-refractivity contribution in [3.63, 3.8) is 0 Å². The number of hydrogen-bond acceptors (Lipinski definition) is 6. The number of hydrogen-bond donors (Lipinski definition) is 0. The second-order valence-electron chi connectivity index (χ2n) is 4.85. The zero-order chi connectivity index (χ0) is 14.8. The molecule has 108 valence electrons. The molecule has 3 rings (SSSR count). The third kappa shape index (κ3) is 2.78. The molecule has 0 saturated heterocycles. The molecule has 0 fully saturated rings. The number of anilines is 1. The average molecular weight is 301 g/mol. The molecule has 0 amide bonds. The first-order chi connectivity index (χ1) is 10.1. The molecule has 0 aromatic carbocycles. The summed E-state index contributed by atoms with van der Waals surface area (Å²) in [5, 5.41) is 0.576. The van der Waals surface area contributed by atoms with Gasteiger partial charge in [-0.2, -0.15) is 0 Å². The van der Waals surface area contributed by atoms with Gasteiger partial charge in [-0.05, 0) is 23.7 Å². The van der Waals surface area contributed by atoms with Crippen LogP contribution in [0.1, 0.15) is 5.69 Å². The van der Waals surface area contributed by atoms with E-state index >= 15 is 0 Å². The predicted octanol–water partition coefficient (Wildman–Crippen LogP) is 1.56. The summed E-state index contributed by atoms with van der Waals surface area (Å²) in [6.07, 6.45) is 4.09. The molecule has 3 aromatic rings. The first-order valence-corrected chi connectivity index (χ1v) is 7.36. The molecule has 3 heterocycles. The molecule has 0 bridgehead atoms. The Hall–Kier alpha value is -2.28. The number of pyridine rings is 1. The molecule has 0 unspecified atom stereocenters. The largest absolute Gasteiger partial charge is 0.347 e. The van der Waals surface area contributed by atoms with E-state index in [4.69, 9.17) is 0 Å². The lowest BCUT2D eigenvalue weighted by Crippen LogP contribution is -2.15. The van der Waals surface area contributed by atoms with Gasteiger partial charge in [-0.1, -0.05) is 6.07 Å². The van der Waals surface area contributed by atoms with Crippen LogP contribution in [-0.2, 0) is 13.0 Å². The Morgan fingerprint density at radius 3 is 2.86 bits per heavy atom. The fourth-order valence-electron chi connectivity index (χ4n) is 1.98. The highest BCUT2D eigenvalue weighted by atomic mass is 32.1. The number of aryl methyl sites for hydroxylation is 2. The lowest BCUT2D eigenvalue weighted by atomic mass is 10.3. The van der Waals surface area contributed by atoms with Crippen LogP contribution in [0.2, 0.25) is 0 Å². The van der Waals surface area contributed by atoms with Crippen molar-refractivity contribution in [2.75, 3.05) is 19.0 Å². The highest BCUT2D eigenvalue weighted by Crippen LogP contribution is 2.16. The Balaban J connectivity index is 1.89. The van der Waals surface area contributed by atoms with E-state index in [1.165, 1.54) is 11.5 Å². The average Bonchev–Trinajstić information content (AvgIpc) is 2.82. The summed E-state index contributed by atoms with van der Waals surface area (Å²) in [5.41, 5.74) is 0.943. The van der Waals surface area contributed by atoms with Gasteiger partial charge in [0.25, 0.3) is 5.56 Å². The molecule has 7 heteroatoms. The Morgan fingerprint density at radius 2 is 2.14 bits per heavy atom. The second kappa shape index (κ2) is 5.61. The molecule has 0 atom stereocenters. The van der Waals surface area contributed by atoms with E-state index < -0.39 is 0 Å². The topological polar surface area (TPSA) is 63.9 Å². The van der Waals surface area contributed by atoms with E-state index in [0.29, 0.717) is 17.9 Å². The van der Waals surface area contributed by atoms with Gasteiger partial charge in [0.05, 0.1) is 5.39 Å². The van der Waals surface area contributed by atoms with Gasteiger partial charge in [-0.15, -0.1) is 0 Å². The maximum absolute atomic E-state index is 12.3. The lowest BCUT2D eigenvalue weighted by molar-refractivity contribution is 0.723. The lowest BCUT2D eigenvalue weighted by Gasteiger charge is -2.07. The highest BCUT2D eigenvalue weighted by Gasteiger charge is 2.11. The van der Waals surface area contributed by atoms with Gasteiger partial charge in [-0.3, -0.25) is 13.7 Å². The van der Waals surface area contributed by atoms with Crippen molar-refractivity contribution < 1.29 is 0 Å². The zero-order valence-electron chi connectivity index (χ0n) is 11.9. The molecule has 21 heavy (non-hydrogen) atoms. The first-order valence-electron chi connectivity index (χ1n) is 6.59. The monoisotopic (exact) mass is 301 g/mol. The normalized spacial score (nSPS) is 11.0. The number of fused-ring (bicyclic) bond motifs is 1. The SMILES string of the molecule is CN(C)c1ncc2c(=O)n(CCc3ccccn3)sc2n1. The van der Waals surface area contributed by atoms with Crippen molar-refractivity contribution in [2.24, 2.45) is 0 Å². The Labute approximate surface area is 125 Å². The molecule has 0 radical (unpaired) electrons. The Bertz CT molecular complexity index is 809. The van der Waals surface area contributed by atoms with Gasteiger partial charge in [0.2, 0.25) is 5.95 Å². The summed E-state index contributed by atoms with van der Waals surface area (Å²) in [5.74, 6) is 0.612. The molecular formula is C14H15N5OS. The van der Waals surface area contributed by atoms with Crippen LogP contribution in [0.3, 0.4) is 0 Å². The van der Waals surface area contributed by atoms with Crippen LogP contribution in [0.5, 0.6) is 0 Å². The second-order valence-corrected chi connectivity index (χ2v) is 5.86. The smallest absolute Gasteiger partial charge is 0.271 e. The van der Waals surface area contributed by atoms with Crippen LogP contribution in [0.4, 0.5) is 5.95 Å². The molecular weight excluding hydrogens is 286 g/mol. The van der Waals surface area contributed by atoms with Crippen LogP contribution in [-0.4, -0.2) is 33.0 Å². The molecule has 0 aliphatic carbocycles. The van der Waals surface area contributed by atoms with Crippen molar-refractivity contribution in [1.82, 2.24) is 18.9 Å². The van der Waals surface area contributed by atoms with Crippen LogP contribution in [0.15, 0.2) is 35.4 Å². The van der Waals surface area contributed by atoms with E-state index in [2.05, 4.69) is 15.0 Å². The van der Waals surface area contributed by atoms with E-state index in [1.807, 2.05) is 37.2 Å². The quantitative estimate of drug-likeness (QED) is 0.731. The van der Waals surface area contributed by atoms with E-state index in [0.717, 1.165) is 16.9 Å². The van der Waals surface area contributed by atoms with Crippen molar-refractivity contribution >= 4 is 27.7 Å². The van der Waals surface area contributed by atoms with Crippen molar-refractivity contribution in [1.29, 1.82) is 0 Å². The summed E-state index contributed by atoms with van der Waals surface area (Å²) < 4.78 is 1.72. The van der Waals surface area contributed by atoms with Crippen LogP contribution in [0.25, 0.3) is 10.2 Å². The van der Waals surface area contributed by atoms with E-state index in [1.54, 1.807) is 16.4 Å². The number of aromatic nitrogens is 4. The zero-order valence-corrected chi connectivity index (χ0v) is 12.7. The minimum absolute atomic E-state index is 0.0313. The summed E-state index contributed by atoms with van der Waals surface area (Å²) in [6, 6.07) is 5.79.